The molecule has 0 amide bonds. The fourth-order valence-corrected chi connectivity index (χ4v) is 4.40. The molecule has 0 aliphatic rings. The molecule has 0 fully saturated rings. The predicted molar refractivity (Wildman–Crippen MR) is 85.5 cm³/mol. The van der Waals surface area contributed by atoms with Crippen molar-refractivity contribution in [3.63, 3.8) is 0 Å². The molecule has 0 aliphatic heterocycles. The average molecular weight is 353 g/mol. The number of halogens is 1. The van der Waals surface area contributed by atoms with Gasteiger partial charge in [-0.3, -0.25) is 10.1 Å². The molecule has 1 aromatic carbocycles. The summed E-state index contributed by atoms with van der Waals surface area (Å²) in [5, 5.41) is 10.8. The highest BCUT2D eigenvalue weighted by Crippen LogP contribution is 2.29. The van der Waals surface area contributed by atoms with Crippen LogP contribution in [0, 0.1) is 10.1 Å². The van der Waals surface area contributed by atoms with Gasteiger partial charge in [0.15, 0.2) is 0 Å². The van der Waals surface area contributed by atoms with E-state index in [-0.39, 0.29) is 16.0 Å². The van der Waals surface area contributed by atoms with Crippen molar-refractivity contribution in [2.45, 2.75) is 24.3 Å². The van der Waals surface area contributed by atoms with Gasteiger partial charge in [-0.2, -0.15) is 16.1 Å². The monoisotopic (exact) mass is 352 g/mol. The second-order valence-electron chi connectivity index (χ2n) is 4.41. The summed E-state index contributed by atoms with van der Waals surface area (Å²) in [5.41, 5.74) is -0.413. The second kappa shape index (κ2) is 7.44. The van der Waals surface area contributed by atoms with Gasteiger partial charge in [0.1, 0.15) is 5.02 Å². The maximum atomic E-state index is 12.5. The van der Waals surface area contributed by atoms with Crippen molar-refractivity contribution in [2.75, 3.05) is 19.1 Å². The van der Waals surface area contributed by atoms with E-state index < -0.39 is 20.6 Å². The van der Waals surface area contributed by atoms with Gasteiger partial charge in [0, 0.05) is 24.9 Å². The maximum absolute atomic E-state index is 12.5. The molecule has 118 valence electrons. The normalized spacial score (nSPS) is 13.4. The van der Waals surface area contributed by atoms with Crippen LogP contribution in [0.4, 0.5) is 5.69 Å². The summed E-state index contributed by atoms with van der Waals surface area (Å²) < 4.78 is 26.3. The Morgan fingerprint density at radius 3 is 2.57 bits per heavy atom. The van der Waals surface area contributed by atoms with Crippen molar-refractivity contribution in [3.05, 3.63) is 33.3 Å². The third-order valence-corrected chi connectivity index (χ3v) is 6.08. The summed E-state index contributed by atoms with van der Waals surface area (Å²) in [7, 11) is -2.30. The number of sulfonamides is 1. The number of hydrogen-bond donors (Lipinski definition) is 0. The van der Waals surface area contributed by atoms with E-state index in [0.29, 0.717) is 12.2 Å². The van der Waals surface area contributed by atoms with Gasteiger partial charge in [0.2, 0.25) is 10.0 Å². The van der Waals surface area contributed by atoms with Gasteiger partial charge in [0.25, 0.3) is 5.69 Å². The average Bonchev–Trinajstić information content (AvgIpc) is 2.43. The Morgan fingerprint density at radius 2 is 2.10 bits per heavy atom. The highest BCUT2D eigenvalue weighted by Gasteiger charge is 2.28. The van der Waals surface area contributed by atoms with Crippen molar-refractivity contribution < 1.29 is 13.3 Å². The quantitative estimate of drug-likeness (QED) is 0.556. The predicted octanol–water partition coefficient (Wildman–Crippen LogP) is 3.01. The minimum Gasteiger partial charge on any atom is -0.258 e. The molecule has 1 unspecified atom stereocenters. The number of rotatable bonds is 7. The standard InChI is InChI=1S/C12H17ClN2O4S2/c1-4-9(8-20-3)14(2)21(18,19)10-5-6-11(13)12(7-10)15(16)17/h5-7,9H,4,8H2,1-3H3. The van der Waals surface area contributed by atoms with E-state index in [9.17, 15) is 18.5 Å². The van der Waals surface area contributed by atoms with Crippen LogP contribution in [0.2, 0.25) is 5.02 Å². The first-order valence-electron chi connectivity index (χ1n) is 6.16. The lowest BCUT2D eigenvalue weighted by Crippen LogP contribution is -2.38. The van der Waals surface area contributed by atoms with Crippen LogP contribution in [0.5, 0.6) is 0 Å². The lowest BCUT2D eigenvalue weighted by atomic mass is 10.3. The smallest absolute Gasteiger partial charge is 0.258 e. The minimum absolute atomic E-state index is 0.0854. The fraction of sp³-hybridized carbons (Fsp3) is 0.500. The molecule has 0 aromatic heterocycles. The molecule has 0 heterocycles. The van der Waals surface area contributed by atoms with E-state index in [2.05, 4.69) is 0 Å². The van der Waals surface area contributed by atoms with Crippen molar-refractivity contribution in [1.82, 2.24) is 4.31 Å². The molecular weight excluding hydrogens is 336 g/mol. The van der Waals surface area contributed by atoms with E-state index in [4.69, 9.17) is 11.6 Å². The summed E-state index contributed by atoms with van der Waals surface area (Å²) in [6.07, 6.45) is 2.56. The van der Waals surface area contributed by atoms with Crippen LogP contribution in [0.25, 0.3) is 0 Å². The molecular formula is C12H17ClN2O4S2. The maximum Gasteiger partial charge on any atom is 0.289 e. The minimum atomic E-state index is -3.79. The van der Waals surface area contributed by atoms with Crippen LogP contribution < -0.4 is 0 Å². The number of nitrogens with zero attached hydrogens (tertiary/aromatic N) is 2. The Morgan fingerprint density at radius 1 is 1.48 bits per heavy atom. The van der Waals surface area contributed by atoms with Crippen LogP contribution in [0.15, 0.2) is 23.1 Å². The number of nitro groups is 1. The summed E-state index contributed by atoms with van der Waals surface area (Å²) in [5.74, 6) is 0.655. The zero-order valence-electron chi connectivity index (χ0n) is 11.9. The van der Waals surface area contributed by atoms with E-state index in [1.54, 1.807) is 11.8 Å². The van der Waals surface area contributed by atoms with Crippen molar-refractivity contribution >= 4 is 39.1 Å². The van der Waals surface area contributed by atoms with Crippen molar-refractivity contribution in [1.29, 1.82) is 0 Å². The molecule has 0 N–H and O–H groups in total. The molecule has 0 bridgehead atoms. The highest BCUT2D eigenvalue weighted by molar-refractivity contribution is 7.98. The molecule has 9 heteroatoms. The van der Waals surface area contributed by atoms with Gasteiger partial charge >= 0.3 is 0 Å². The van der Waals surface area contributed by atoms with Gasteiger partial charge in [0.05, 0.1) is 9.82 Å². The van der Waals surface area contributed by atoms with Gasteiger partial charge < -0.3 is 0 Å². The first-order valence-corrected chi connectivity index (χ1v) is 9.37. The Hall–Kier alpha value is -0.830. The third kappa shape index (κ3) is 4.09. The molecule has 1 aromatic rings. The van der Waals surface area contributed by atoms with E-state index >= 15 is 0 Å². The van der Waals surface area contributed by atoms with Crippen LogP contribution >= 0.6 is 23.4 Å². The summed E-state index contributed by atoms with van der Waals surface area (Å²) in [6.45, 7) is 1.90. The van der Waals surface area contributed by atoms with Crippen molar-refractivity contribution in [2.24, 2.45) is 0 Å². The highest BCUT2D eigenvalue weighted by atomic mass is 35.5. The Balaban J connectivity index is 3.24. The van der Waals surface area contributed by atoms with Crippen LogP contribution in [0.3, 0.4) is 0 Å². The fourth-order valence-electron chi connectivity index (χ4n) is 1.83. The van der Waals surface area contributed by atoms with Gasteiger partial charge in [-0.25, -0.2) is 8.42 Å². The Kier molecular flexibility index (Phi) is 6.45. The number of thioether (sulfide) groups is 1. The zero-order chi connectivity index (χ0) is 16.2. The van der Waals surface area contributed by atoms with Crippen LogP contribution in [-0.2, 0) is 10.0 Å². The summed E-state index contributed by atoms with van der Waals surface area (Å²) in [6, 6.07) is 3.35. The number of hydrogen-bond acceptors (Lipinski definition) is 5. The lowest BCUT2D eigenvalue weighted by Gasteiger charge is -2.26. The van der Waals surface area contributed by atoms with Crippen molar-refractivity contribution in [3.8, 4) is 0 Å². The van der Waals surface area contributed by atoms with Gasteiger partial charge in [-0.1, -0.05) is 18.5 Å². The topological polar surface area (TPSA) is 80.5 Å². The van der Waals surface area contributed by atoms with Gasteiger partial charge in [-0.05, 0) is 24.8 Å². The molecule has 1 atom stereocenters. The number of benzene rings is 1. The molecule has 21 heavy (non-hydrogen) atoms. The second-order valence-corrected chi connectivity index (χ2v) is 7.72. The van der Waals surface area contributed by atoms with E-state index in [0.717, 1.165) is 6.07 Å². The summed E-state index contributed by atoms with van der Waals surface area (Å²) in [4.78, 5) is 10.1. The van der Waals surface area contributed by atoms with E-state index in [1.807, 2.05) is 13.2 Å². The first kappa shape index (κ1) is 18.2. The number of nitro benzene ring substituents is 1. The molecule has 0 radical (unpaired) electrons. The molecule has 0 aliphatic carbocycles. The molecule has 0 saturated carbocycles. The van der Waals surface area contributed by atoms with Gasteiger partial charge in [-0.15, -0.1) is 0 Å². The molecule has 0 spiro atoms. The molecule has 6 nitrogen and oxygen atoms in total. The van der Waals surface area contributed by atoms with Crippen LogP contribution in [0.1, 0.15) is 13.3 Å². The Labute approximate surface area is 133 Å². The largest absolute Gasteiger partial charge is 0.289 e. The van der Waals surface area contributed by atoms with E-state index in [1.165, 1.54) is 23.5 Å². The first-order chi connectivity index (χ1) is 9.75. The van der Waals surface area contributed by atoms with Crippen LogP contribution in [-0.4, -0.2) is 42.7 Å². The molecule has 1 rings (SSSR count). The summed E-state index contributed by atoms with van der Waals surface area (Å²) >= 11 is 7.26. The molecule has 0 saturated heterocycles. The zero-order valence-corrected chi connectivity index (χ0v) is 14.3. The SMILES string of the molecule is CCC(CSC)N(C)S(=O)(=O)c1ccc(Cl)c([N+](=O)[O-])c1. The Bertz CT molecular complexity index is 622. The third-order valence-electron chi connectivity index (χ3n) is 3.14. The lowest BCUT2D eigenvalue weighted by molar-refractivity contribution is -0.384.